The Balaban J connectivity index is 1.19. The quantitative estimate of drug-likeness (QED) is 0.467. The summed E-state index contributed by atoms with van der Waals surface area (Å²) in [5, 5.41) is 4.67. The normalized spacial score (nSPS) is 23.4. The number of imide groups is 1. The van der Waals surface area contributed by atoms with Gasteiger partial charge in [0, 0.05) is 32.6 Å². The van der Waals surface area contributed by atoms with Gasteiger partial charge in [0.05, 0.1) is 29.3 Å². The number of hydrogen-bond donors (Lipinski definition) is 0. The van der Waals surface area contributed by atoms with Crippen LogP contribution in [0.1, 0.15) is 51.7 Å². The maximum Gasteiger partial charge on any atom is 0.261 e. The van der Waals surface area contributed by atoms with Crippen molar-refractivity contribution in [3.63, 3.8) is 0 Å². The highest BCUT2D eigenvalue weighted by Gasteiger charge is 2.37. The minimum absolute atomic E-state index is 0.103. The predicted molar refractivity (Wildman–Crippen MR) is 124 cm³/mol. The average Bonchev–Trinajstić information content (AvgIpc) is 3.38. The third kappa shape index (κ3) is 4.17. The van der Waals surface area contributed by atoms with E-state index in [4.69, 9.17) is 12.2 Å². The number of amides is 2. The molecule has 33 heavy (non-hydrogen) atoms. The molecule has 4 heterocycles. The molecule has 0 N–H and O–H groups in total. The van der Waals surface area contributed by atoms with Crippen molar-refractivity contribution in [2.24, 2.45) is 13.0 Å². The molecule has 1 unspecified atom stereocenters. The predicted octanol–water partition coefficient (Wildman–Crippen LogP) is 1.82. The highest BCUT2D eigenvalue weighted by atomic mass is 32.2. The van der Waals surface area contributed by atoms with E-state index >= 15 is 0 Å². The number of likely N-dealkylation sites (tertiary alicyclic amines) is 1. The van der Waals surface area contributed by atoms with E-state index in [1.54, 1.807) is 28.9 Å². The molecule has 0 bridgehead atoms. The van der Waals surface area contributed by atoms with E-state index in [1.165, 1.54) is 4.90 Å². The minimum Gasteiger partial charge on any atom is -0.307 e. The van der Waals surface area contributed by atoms with Crippen molar-refractivity contribution in [3.8, 4) is 0 Å². The van der Waals surface area contributed by atoms with Crippen molar-refractivity contribution in [2.45, 2.75) is 31.8 Å². The fourth-order valence-corrected chi connectivity index (χ4v) is 7.05. The van der Waals surface area contributed by atoms with E-state index in [9.17, 15) is 18.0 Å². The first-order valence-electron chi connectivity index (χ1n) is 11.3. The average molecular weight is 490 g/mol. The molecular weight excluding hydrogens is 462 g/mol. The molecule has 0 radical (unpaired) electrons. The van der Waals surface area contributed by atoms with Crippen molar-refractivity contribution in [1.82, 2.24) is 24.1 Å². The number of aromatic nitrogens is 3. The zero-order chi connectivity index (χ0) is 23.3. The van der Waals surface area contributed by atoms with Gasteiger partial charge < -0.3 is 4.57 Å². The van der Waals surface area contributed by atoms with Crippen molar-refractivity contribution >= 4 is 33.9 Å². The highest BCUT2D eigenvalue weighted by Crippen LogP contribution is 2.29. The Hall–Kier alpha value is -2.37. The number of hydrogen-bond acceptors (Lipinski definition) is 7. The Morgan fingerprint density at radius 1 is 1.06 bits per heavy atom. The minimum atomic E-state index is -2.99. The number of rotatable bonds is 5. The zero-order valence-corrected chi connectivity index (χ0v) is 20.1. The van der Waals surface area contributed by atoms with Crippen LogP contribution in [0, 0.1) is 10.7 Å². The van der Waals surface area contributed by atoms with Crippen LogP contribution in [0.2, 0.25) is 0 Å². The molecule has 9 nitrogen and oxygen atoms in total. The lowest BCUT2D eigenvalue weighted by Gasteiger charge is -2.33. The van der Waals surface area contributed by atoms with Crippen LogP contribution in [0.25, 0.3) is 0 Å². The van der Waals surface area contributed by atoms with Crippen LogP contribution in [0.3, 0.4) is 0 Å². The summed E-state index contributed by atoms with van der Waals surface area (Å²) >= 11 is 5.56. The summed E-state index contributed by atoms with van der Waals surface area (Å²) in [6, 6.07) is 6.99. The van der Waals surface area contributed by atoms with Crippen LogP contribution in [0.15, 0.2) is 24.3 Å². The highest BCUT2D eigenvalue weighted by molar-refractivity contribution is 7.91. The molecule has 0 aliphatic carbocycles. The van der Waals surface area contributed by atoms with Gasteiger partial charge in [-0.2, -0.15) is 5.10 Å². The van der Waals surface area contributed by atoms with Gasteiger partial charge in [-0.25, -0.2) is 13.1 Å². The first-order valence-corrected chi connectivity index (χ1v) is 13.5. The summed E-state index contributed by atoms with van der Waals surface area (Å²) in [5.74, 6) is 0.848. The monoisotopic (exact) mass is 489 g/mol. The van der Waals surface area contributed by atoms with E-state index in [0.29, 0.717) is 35.5 Å². The van der Waals surface area contributed by atoms with E-state index < -0.39 is 9.84 Å². The Morgan fingerprint density at radius 2 is 1.70 bits per heavy atom. The molecule has 11 heteroatoms. The van der Waals surface area contributed by atoms with Gasteiger partial charge in [0.2, 0.25) is 0 Å². The summed E-state index contributed by atoms with van der Waals surface area (Å²) in [7, 11) is -1.14. The van der Waals surface area contributed by atoms with Crippen LogP contribution in [0.4, 0.5) is 0 Å². The van der Waals surface area contributed by atoms with Gasteiger partial charge in [-0.1, -0.05) is 12.1 Å². The summed E-state index contributed by atoms with van der Waals surface area (Å²) in [4.78, 5) is 28.9. The van der Waals surface area contributed by atoms with Gasteiger partial charge in [-0.05, 0) is 49.5 Å². The van der Waals surface area contributed by atoms with Gasteiger partial charge in [-0.3, -0.25) is 19.4 Å². The van der Waals surface area contributed by atoms with Gasteiger partial charge in [0.25, 0.3) is 11.8 Å². The van der Waals surface area contributed by atoms with Crippen molar-refractivity contribution in [1.29, 1.82) is 0 Å². The number of sulfone groups is 1. The smallest absolute Gasteiger partial charge is 0.261 e. The molecule has 0 saturated carbocycles. The first-order chi connectivity index (χ1) is 15.7. The van der Waals surface area contributed by atoms with Crippen molar-refractivity contribution in [2.75, 3.05) is 31.1 Å². The lowest BCUT2D eigenvalue weighted by Crippen LogP contribution is -2.41. The Bertz CT molecular complexity index is 1240. The van der Waals surface area contributed by atoms with Gasteiger partial charge in [-0.15, -0.1) is 0 Å². The molecule has 2 fully saturated rings. The molecule has 5 rings (SSSR count). The van der Waals surface area contributed by atoms with Crippen LogP contribution < -0.4 is 0 Å². The fraction of sp³-hybridized carbons (Fsp3) is 0.545. The second kappa shape index (κ2) is 8.44. The molecule has 1 aromatic heterocycles. The Labute approximate surface area is 197 Å². The molecule has 2 amide bonds. The third-order valence-corrected chi connectivity index (χ3v) is 9.28. The van der Waals surface area contributed by atoms with Gasteiger partial charge >= 0.3 is 0 Å². The number of nitrogens with zero attached hydrogens (tertiary/aromatic N) is 5. The molecule has 1 aromatic carbocycles. The third-order valence-electron chi connectivity index (χ3n) is 7.03. The molecule has 2 saturated heterocycles. The maximum absolute atomic E-state index is 12.6. The molecule has 3 aliphatic rings. The van der Waals surface area contributed by atoms with E-state index in [0.717, 1.165) is 31.8 Å². The van der Waals surface area contributed by atoms with Crippen LogP contribution >= 0.6 is 12.2 Å². The van der Waals surface area contributed by atoms with Crippen LogP contribution in [0.5, 0.6) is 0 Å². The lowest BCUT2D eigenvalue weighted by atomic mass is 9.96. The van der Waals surface area contributed by atoms with E-state index in [2.05, 4.69) is 10.00 Å². The van der Waals surface area contributed by atoms with Crippen molar-refractivity contribution in [3.05, 3.63) is 46.0 Å². The van der Waals surface area contributed by atoms with Crippen LogP contribution in [-0.4, -0.2) is 75.5 Å². The summed E-state index contributed by atoms with van der Waals surface area (Å²) in [6.07, 6.45) is 2.34. The molecule has 0 spiro atoms. The summed E-state index contributed by atoms with van der Waals surface area (Å²) in [5.41, 5.74) is 0.991. The zero-order valence-electron chi connectivity index (χ0n) is 18.5. The topological polar surface area (TPSA) is 97.5 Å². The second-order valence-corrected chi connectivity index (χ2v) is 11.9. The van der Waals surface area contributed by atoms with Gasteiger partial charge in [0.15, 0.2) is 14.6 Å². The number of carbonyl (C=O) groups is 2. The standard InChI is InChI=1S/C22H27N5O4S2/c1-24-19(16-8-11-33(30,31)13-16)23-27(22(24)32)14-25-9-6-15(7-10-25)12-26-20(28)17-4-2-3-5-18(17)21(26)29/h2-5,15-16H,6-14H2,1H3. The maximum atomic E-state index is 12.6. The molecule has 176 valence electrons. The molecule has 3 aliphatic heterocycles. The number of fused-ring (bicyclic) bond motifs is 1. The number of piperidine rings is 1. The molecule has 2 aromatic rings. The number of carbonyl (C=O) groups excluding carboxylic acids is 2. The second-order valence-electron chi connectivity index (χ2n) is 9.27. The van der Waals surface area contributed by atoms with Crippen LogP contribution in [-0.2, 0) is 23.6 Å². The SMILES string of the molecule is Cn1c(C2CCS(=O)(=O)C2)nn(CN2CCC(CN3C(=O)c4ccccc4C3=O)CC2)c1=S. The molecule has 1 atom stereocenters. The summed E-state index contributed by atoms with van der Waals surface area (Å²) in [6.45, 7) is 2.63. The van der Waals surface area contributed by atoms with E-state index in [1.807, 2.05) is 11.6 Å². The first kappa shape index (κ1) is 22.4. The largest absolute Gasteiger partial charge is 0.307 e. The van der Waals surface area contributed by atoms with Gasteiger partial charge in [0.1, 0.15) is 5.82 Å². The number of benzene rings is 1. The van der Waals surface area contributed by atoms with E-state index in [-0.39, 0.29) is 35.2 Å². The Morgan fingerprint density at radius 3 is 2.27 bits per heavy atom. The fourth-order valence-electron chi connectivity index (χ4n) is 5.11. The summed E-state index contributed by atoms with van der Waals surface area (Å²) < 4.78 is 27.9. The van der Waals surface area contributed by atoms with Crippen molar-refractivity contribution < 1.29 is 18.0 Å². The molecular formula is C22H27N5O4S2. The lowest BCUT2D eigenvalue weighted by molar-refractivity contribution is 0.0585. The Kier molecular flexibility index (Phi) is 5.74.